The second-order valence-corrected chi connectivity index (χ2v) is 6.00. The highest BCUT2D eigenvalue weighted by Gasteiger charge is 2.41. The van der Waals surface area contributed by atoms with Crippen molar-refractivity contribution >= 4 is 5.91 Å². The van der Waals surface area contributed by atoms with E-state index in [2.05, 4.69) is 17.1 Å². The van der Waals surface area contributed by atoms with Crippen LogP contribution in [0.4, 0.5) is 0 Å². The number of carbonyl (C=O) groups is 1. The highest BCUT2D eigenvalue weighted by molar-refractivity contribution is 5.82. The standard InChI is InChI=1S/C14H24N2O2/c1-10-6-9-18-13(10)14(17)16-8-3-5-12(16)11-4-2-7-15-11/h10-13,15H,2-9H2,1H3. The molecule has 18 heavy (non-hydrogen) atoms. The SMILES string of the molecule is CC1CCOC1C(=O)N1CCCC1C1CCCN1. The number of nitrogens with zero attached hydrogens (tertiary/aromatic N) is 1. The highest BCUT2D eigenvalue weighted by Crippen LogP contribution is 2.29. The van der Waals surface area contributed by atoms with Crippen LogP contribution >= 0.6 is 0 Å². The topological polar surface area (TPSA) is 41.6 Å². The monoisotopic (exact) mass is 252 g/mol. The molecule has 3 rings (SSSR count). The van der Waals surface area contributed by atoms with Gasteiger partial charge in [-0.25, -0.2) is 0 Å². The molecule has 0 saturated carbocycles. The molecule has 0 aromatic carbocycles. The molecule has 3 aliphatic heterocycles. The number of likely N-dealkylation sites (tertiary alicyclic amines) is 1. The van der Waals surface area contributed by atoms with Crippen LogP contribution in [0, 0.1) is 5.92 Å². The van der Waals surface area contributed by atoms with E-state index in [0.29, 0.717) is 18.0 Å². The minimum Gasteiger partial charge on any atom is -0.368 e. The Hall–Kier alpha value is -0.610. The first-order valence-electron chi connectivity index (χ1n) is 7.43. The van der Waals surface area contributed by atoms with Crippen molar-refractivity contribution in [1.82, 2.24) is 10.2 Å². The van der Waals surface area contributed by atoms with Gasteiger partial charge in [-0.15, -0.1) is 0 Å². The van der Waals surface area contributed by atoms with Crippen molar-refractivity contribution in [2.45, 2.75) is 57.2 Å². The number of carbonyl (C=O) groups excluding carboxylic acids is 1. The van der Waals surface area contributed by atoms with Crippen LogP contribution < -0.4 is 5.32 Å². The first-order valence-corrected chi connectivity index (χ1v) is 7.43. The quantitative estimate of drug-likeness (QED) is 0.801. The molecule has 0 aromatic rings. The summed E-state index contributed by atoms with van der Waals surface area (Å²) in [6, 6.07) is 0.935. The van der Waals surface area contributed by atoms with Gasteiger partial charge in [0.2, 0.25) is 0 Å². The van der Waals surface area contributed by atoms with Gasteiger partial charge in [-0.05, 0) is 44.6 Å². The van der Waals surface area contributed by atoms with Gasteiger partial charge in [0, 0.05) is 25.2 Å². The van der Waals surface area contributed by atoms with Gasteiger partial charge >= 0.3 is 0 Å². The summed E-state index contributed by atoms with van der Waals surface area (Å²) in [7, 11) is 0. The number of nitrogens with one attached hydrogen (secondary N) is 1. The van der Waals surface area contributed by atoms with E-state index in [4.69, 9.17) is 4.74 Å². The third-order valence-electron chi connectivity index (χ3n) is 4.78. The fourth-order valence-corrected chi connectivity index (χ4v) is 3.70. The van der Waals surface area contributed by atoms with Crippen LogP contribution in [0.15, 0.2) is 0 Å². The molecule has 3 heterocycles. The lowest BCUT2D eigenvalue weighted by atomic mass is 10.0. The number of hydrogen-bond donors (Lipinski definition) is 1. The molecule has 0 aliphatic carbocycles. The Morgan fingerprint density at radius 1 is 1.28 bits per heavy atom. The molecule has 4 unspecified atom stereocenters. The maximum atomic E-state index is 12.6. The lowest BCUT2D eigenvalue weighted by Gasteiger charge is -2.32. The minimum absolute atomic E-state index is 0.174. The molecule has 0 radical (unpaired) electrons. The van der Waals surface area contributed by atoms with Crippen LogP contribution in [-0.4, -0.2) is 48.7 Å². The van der Waals surface area contributed by atoms with E-state index >= 15 is 0 Å². The smallest absolute Gasteiger partial charge is 0.252 e. The van der Waals surface area contributed by atoms with E-state index in [0.717, 1.165) is 39.0 Å². The highest BCUT2D eigenvalue weighted by atomic mass is 16.5. The van der Waals surface area contributed by atoms with Crippen LogP contribution in [0.3, 0.4) is 0 Å². The molecule has 4 atom stereocenters. The summed E-state index contributed by atoms with van der Waals surface area (Å²) in [5.41, 5.74) is 0. The molecule has 102 valence electrons. The number of ether oxygens (including phenoxy) is 1. The molecule has 0 aromatic heterocycles. The Morgan fingerprint density at radius 2 is 2.17 bits per heavy atom. The van der Waals surface area contributed by atoms with E-state index in [1.807, 2.05) is 0 Å². The van der Waals surface area contributed by atoms with Gasteiger partial charge in [0.25, 0.3) is 5.91 Å². The predicted molar refractivity (Wildman–Crippen MR) is 69.3 cm³/mol. The fourth-order valence-electron chi connectivity index (χ4n) is 3.70. The molecule has 4 nitrogen and oxygen atoms in total. The molecule has 0 bridgehead atoms. The lowest BCUT2D eigenvalue weighted by Crippen LogP contribution is -2.50. The van der Waals surface area contributed by atoms with Gasteiger partial charge in [-0.2, -0.15) is 0 Å². The Bertz CT molecular complexity index is 315. The molecular weight excluding hydrogens is 228 g/mol. The maximum absolute atomic E-state index is 12.6. The molecular formula is C14H24N2O2. The van der Waals surface area contributed by atoms with Crippen LogP contribution in [0.2, 0.25) is 0 Å². The lowest BCUT2D eigenvalue weighted by molar-refractivity contribution is -0.143. The summed E-state index contributed by atoms with van der Waals surface area (Å²) in [6.45, 7) is 4.92. The number of amides is 1. The third-order valence-corrected chi connectivity index (χ3v) is 4.78. The summed E-state index contributed by atoms with van der Waals surface area (Å²) < 4.78 is 5.64. The van der Waals surface area contributed by atoms with Crippen molar-refractivity contribution < 1.29 is 9.53 Å². The van der Waals surface area contributed by atoms with Crippen LogP contribution in [0.1, 0.15) is 39.0 Å². The van der Waals surface area contributed by atoms with Gasteiger partial charge in [0.15, 0.2) is 0 Å². The van der Waals surface area contributed by atoms with E-state index in [-0.39, 0.29) is 12.0 Å². The number of hydrogen-bond acceptors (Lipinski definition) is 3. The second-order valence-electron chi connectivity index (χ2n) is 6.00. The van der Waals surface area contributed by atoms with Crippen molar-refractivity contribution in [1.29, 1.82) is 0 Å². The molecule has 3 aliphatic rings. The summed E-state index contributed by atoms with van der Waals surface area (Å²) in [4.78, 5) is 14.7. The van der Waals surface area contributed by atoms with E-state index in [9.17, 15) is 4.79 Å². The molecule has 1 amide bonds. The zero-order valence-electron chi connectivity index (χ0n) is 11.2. The van der Waals surface area contributed by atoms with E-state index < -0.39 is 0 Å². The van der Waals surface area contributed by atoms with Crippen LogP contribution in [0.5, 0.6) is 0 Å². The third kappa shape index (κ3) is 2.16. The van der Waals surface area contributed by atoms with Gasteiger partial charge in [-0.1, -0.05) is 6.92 Å². The summed E-state index contributed by atoms with van der Waals surface area (Å²) >= 11 is 0. The van der Waals surface area contributed by atoms with E-state index in [1.165, 1.54) is 12.8 Å². The second kappa shape index (κ2) is 5.17. The number of rotatable bonds is 2. The van der Waals surface area contributed by atoms with Crippen molar-refractivity contribution in [3.05, 3.63) is 0 Å². The molecule has 3 fully saturated rings. The van der Waals surface area contributed by atoms with Gasteiger partial charge in [-0.3, -0.25) is 4.79 Å². The van der Waals surface area contributed by atoms with Crippen molar-refractivity contribution in [2.75, 3.05) is 19.7 Å². The Labute approximate surface area is 109 Å². The van der Waals surface area contributed by atoms with Crippen LogP contribution in [0.25, 0.3) is 0 Å². The molecule has 0 spiro atoms. The van der Waals surface area contributed by atoms with Gasteiger partial charge in [0.1, 0.15) is 6.10 Å². The molecule has 3 saturated heterocycles. The van der Waals surface area contributed by atoms with E-state index in [1.54, 1.807) is 0 Å². The Balaban J connectivity index is 1.68. The normalized spacial score (nSPS) is 40.6. The average Bonchev–Trinajstić information content (AvgIpc) is 3.09. The Kier molecular flexibility index (Phi) is 3.57. The molecule has 4 heteroatoms. The fraction of sp³-hybridized carbons (Fsp3) is 0.929. The summed E-state index contributed by atoms with van der Waals surface area (Å²) in [5, 5.41) is 3.55. The maximum Gasteiger partial charge on any atom is 0.252 e. The van der Waals surface area contributed by atoms with Crippen molar-refractivity contribution in [2.24, 2.45) is 5.92 Å². The molecule has 1 N–H and O–H groups in total. The van der Waals surface area contributed by atoms with Gasteiger partial charge in [0.05, 0.1) is 0 Å². The minimum atomic E-state index is -0.174. The van der Waals surface area contributed by atoms with Crippen LogP contribution in [-0.2, 0) is 9.53 Å². The van der Waals surface area contributed by atoms with Gasteiger partial charge < -0.3 is 15.0 Å². The largest absolute Gasteiger partial charge is 0.368 e. The van der Waals surface area contributed by atoms with Crippen molar-refractivity contribution in [3.63, 3.8) is 0 Å². The van der Waals surface area contributed by atoms with Crippen molar-refractivity contribution in [3.8, 4) is 0 Å². The first-order chi connectivity index (χ1) is 8.77. The Morgan fingerprint density at radius 3 is 2.83 bits per heavy atom. The zero-order valence-corrected chi connectivity index (χ0v) is 11.2. The first kappa shape index (κ1) is 12.4. The zero-order chi connectivity index (χ0) is 12.5. The summed E-state index contributed by atoms with van der Waals surface area (Å²) in [6.07, 6.45) is 5.62. The summed E-state index contributed by atoms with van der Waals surface area (Å²) in [5.74, 6) is 0.631. The predicted octanol–water partition coefficient (Wildman–Crippen LogP) is 1.15. The average molecular weight is 252 g/mol.